The molecule has 4 nitrogen and oxygen atoms in total. The first-order chi connectivity index (χ1) is 8.77. The Morgan fingerprint density at radius 3 is 2.94 bits per heavy atom. The maximum absolute atomic E-state index is 9.06. The maximum Gasteiger partial charge on any atom is 0.111 e. The molecule has 0 unspecified atom stereocenters. The van der Waals surface area contributed by atoms with Gasteiger partial charge in [-0.2, -0.15) is 5.26 Å². The Morgan fingerprint density at radius 2 is 2.22 bits per heavy atom. The second kappa shape index (κ2) is 5.65. The molecule has 0 N–H and O–H groups in total. The predicted octanol–water partition coefficient (Wildman–Crippen LogP) is 2.41. The third kappa shape index (κ3) is 2.36. The summed E-state index contributed by atoms with van der Waals surface area (Å²) in [6.07, 6.45) is 1.80. The second-order valence-electron chi connectivity index (χ2n) is 4.23. The Morgan fingerprint density at radius 1 is 1.39 bits per heavy atom. The molecule has 0 atom stereocenters. The van der Waals surface area contributed by atoms with Crippen LogP contribution in [0, 0.1) is 11.3 Å². The van der Waals surface area contributed by atoms with E-state index in [4.69, 9.17) is 10.00 Å². The number of nitriles is 1. The second-order valence-corrected chi connectivity index (χ2v) is 4.23. The molecule has 1 heterocycles. The van der Waals surface area contributed by atoms with Crippen molar-refractivity contribution in [3.63, 3.8) is 0 Å². The van der Waals surface area contributed by atoms with Gasteiger partial charge < -0.3 is 9.30 Å². The van der Waals surface area contributed by atoms with E-state index in [1.165, 1.54) is 0 Å². The van der Waals surface area contributed by atoms with Crippen LogP contribution in [0.2, 0.25) is 0 Å². The summed E-state index contributed by atoms with van der Waals surface area (Å²) < 4.78 is 7.51. The lowest BCUT2D eigenvalue weighted by atomic mass is 10.2. The molecule has 2 aromatic rings. The Bertz CT molecular complexity index is 580. The number of rotatable bonds is 5. The van der Waals surface area contributed by atoms with E-state index in [9.17, 15) is 0 Å². The number of nitrogens with zero attached hydrogens (tertiary/aromatic N) is 3. The Balaban J connectivity index is 2.25. The van der Waals surface area contributed by atoms with Gasteiger partial charge in [0.25, 0.3) is 0 Å². The fraction of sp³-hybridized carbons (Fsp3) is 0.429. The molecule has 0 bridgehead atoms. The zero-order valence-electron chi connectivity index (χ0n) is 10.8. The standard InChI is InChI=1S/C14H17N3O/c1-3-8-18-9-7-13-16-14-11(10-15)5-4-6-12(14)17(13)2/h4-6H,3,7-9H2,1-2H3. The van der Waals surface area contributed by atoms with Crippen molar-refractivity contribution >= 4 is 11.0 Å². The molecule has 0 aliphatic rings. The molecule has 0 amide bonds. The number of fused-ring (bicyclic) bond motifs is 1. The van der Waals surface area contributed by atoms with E-state index in [1.807, 2.05) is 23.7 Å². The van der Waals surface area contributed by atoms with Crippen LogP contribution in [0.3, 0.4) is 0 Å². The van der Waals surface area contributed by atoms with Gasteiger partial charge in [-0.05, 0) is 18.6 Å². The largest absolute Gasteiger partial charge is 0.381 e. The fourth-order valence-electron chi connectivity index (χ4n) is 1.99. The summed E-state index contributed by atoms with van der Waals surface area (Å²) in [5.41, 5.74) is 2.41. The minimum atomic E-state index is 0.629. The lowest BCUT2D eigenvalue weighted by molar-refractivity contribution is 0.136. The van der Waals surface area contributed by atoms with E-state index >= 15 is 0 Å². The molecule has 1 aromatic heterocycles. The van der Waals surface area contributed by atoms with Gasteiger partial charge in [0.1, 0.15) is 17.4 Å². The first-order valence-electron chi connectivity index (χ1n) is 6.20. The molecule has 94 valence electrons. The van der Waals surface area contributed by atoms with Gasteiger partial charge in [0.2, 0.25) is 0 Å². The normalized spacial score (nSPS) is 10.7. The topological polar surface area (TPSA) is 50.8 Å². The molecule has 0 aliphatic carbocycles. The molecule has 0 radical (unpaired) electrons. The Kier molecular flexibility index (Phi) is 3.96. The highest BCUT2D eigenvalue weighted by Crippen LogP contribution is 2.18. The van der Waals surface area contributed by atoms with Crippen molar-refractivity contribution in [3.8, 4) is 6.07 Å². The van der Waals surface area contributed by atoms with Gasteiger partial charge in [0.15, 0.2) is 0 Å². The molecule has 2 rings (SSSR count). The summed E-state index contributed by atoms with van der Waals surface area (Å²) in [5, 5.41) is 9.06. The van der Waals surface area contributed by atoms with Crippen LogP contribution in [0.5, 0.6) is 0 Å². The van der Waals surface area contributed by atoms with Gasteiger partial charge in [-0.15, -0.1) is 0 Å². The quantitative estimate of drug-likeness (QED) is 0.758. The minimum Gasteiger partial charge on any atom is -0.381 e. The Hall–Kier alpha value is -1.86. The number of benzene rings is 1. The molecular weight excluding hydrogens is 226 g/mol. The summed E-state index contributed by atoms with van der Waals surface area (Å²) in [6.45, 7) is 3.55. The maximum atomic E-state index is 9.06. The van der Waals surface area contributed by atoms with Gasteiger partial charge in [0, 0.05) is 20.1 Å². The average molecular weight is 243 g/mol. The lowest BCUT2D eigenvalue weighted by Gasteiger charge is -2.03. The monoisotopic (exact) mass is 243 g/mol. The first-order valence-corrected chi connectivity index (χ1v) is 6.20. The van der Waals surface area contributed by atoms with E-state index < -0.39 is 0 Å². The van der Waals surface area contributed by atoms with Crippen molar-refractivity contribution < 1.29 is 4.74 Å². The van der Waals surface area contributed by atoms with Gasteiger partial charge in [-0.25, -0.2) is 4.98 Å². The highest BCUT2D eigenvalue weighted by molar-refractivity contribution is 5.82. The van der Waals surface area contributed by atoms with Crippen molar-refractivity contribution in [2.24, 2.45) is 7.05 Å². The lowest BCUT2D eigenvalue weighted by Crippen LogP contribution is -2.04. The molecule has 4 heteroatoms. The molecule has 18 heavy (non-hydrogen) atoms. The zero-order chi connectivity index (χ0) is 13.0. The van der Waals surface area contributed by atoms with Gasteiger partial charge in [-0.1, -0.05) is 13.0 Å². The van der Waals surface area contributed by atoms with Crippen LogP contribution in [0.25, 0.3) is 11.0 Å². The first kappa shape index (κ1) is 12.6. The number of aryl methyl sites for hydroxylation is 1. The van der Waals surface area contributed by atoms with Crippen LogP contribution in [-0.4, -0.2) is 22.8 Å². The van der Waals surface area contributed by atoms with Crippen LogP contribution in [0.15, 0.2) is 18.2 Å². The molecule has 0 fully saturated rings. The van der Waals surface area contributed by atoms with Crippen LogP contribution in [-0.2, 0) is 18.2 Å². The fourth-order valence-corrected chi connectivity index (χ4v) is 1.99. The molecule has 0 aliphatic heterocycles. The number of imidazole rings is 1. The molecule has 0 spiro atoms. The number of para-hydroxylation sites is 1. The highest BCUT2D eigenvalue weighted by Gasteiger charge is 2.10. The number of hydrogen-bond donors (Lipinski definition) is 0. The predicted molar refractivity (Wildman–Crippen MR) is 70.2 cm³/mol. The van der Waals surface area contributed by atoms with Crippen LogP contribution < -0.4 is 0 Å². The van der Waals surface area contributed by atoms with Gasteiger partial charge >= 0.3 is 0 Å². The van der Waals surface area contributed by atoms with Crippen molar-refractivity contribution in [1.29, 1.82) is 5.26 Å². The summed E-state index contributed by atoms with van der Waals surface area (Å²) in [4.78, 5) is 4.54. The van der Waals surface area contributed by atoms with Crippen molar-refractivity contribution in [2.75, 3.05) is 13.2 Å². The minimum absolute atomic E-state index is 0.629. The number of aromatic nitrogens is 2. The number of ether oxygens (including phenoxy) is 1. The van der Waals surface area contributed by atoms with Crippen LogP contribution in [0.1, 0.15) is 24.7 Å². The van der Waals surface area contributed by atoms with Crippen LogP contribution in [0.4, 0.5) is 0 Å². The van der Waals surface area contributed by atoms with E-state index in [0.717, 1.165) is 36.3 Å². The third-order valence-electron chi connectivity index (χ3n) is 2.94. The van der Waals surface area contributed by atoms with Crippen molar-refractivity contribution in [3.05, 3.63) is 29.6 Å². The van der Waals surface area contributed by atoms with Crippen LogP contribution >= 0.6 is 0 Å². The Labute approximate surface area is 107 Å². The van der Waals surface area contributed by atoms with Crippen molar-refractivity contribution in [2.45, 2.75) is 19.8 Å². The van der Waals surface area contributed by atoms with E-state index in [0.29, 0.717) is 12.2 Å². The van der Waals surface area contributed by atoms with E-state index in [2.05, 4.69) is 18.0 Å². The summed E-state index contributed by atoms with van der Waals surface area (Å²) in [5.74, 6) is 0.962. The summed E-state index contributed by atoms with van der Waals surface area (Å²) >= 11 is 0. The smallest absolute Gasteiger partial charge is 0.111 e. The van der Waals surface area contributed by atoms with E-state index in [-0.39, 0.29) is 0 Å². The summed E-state index contributed by atoms with van der Waals surface area (Å²) in [6, 6.07) is 7.85. The van der Waals surface area contributed by atoms with Gasteiger partial charge in [0.05, 0.1) is 17.7 Å². The molecule has 1 aromatic carbocycles. The zero-order valence-corrected chi connectivity index (χ0v) is 10.8. The third-order valence-corrected chi connectivity index (χ3v) is 2.94. The molecule has 0 saturated heterocycles. The van der Waals surface area contributed by atoms with Crippen molar-refractivity contribution in [1.82, 2.24) is 9.55 Å². The van der Waals surface area contributed by atoms with Gasteiger partial charge in [-0.3, -0.25) is 0 Å². The molecular formula is C14H17N3O. The number of hydrogen-bond acceptors (Lipinski definition) is 3. The summed E-state index contributed by atoms with van der Waals surface area (Å²) in [7, 11) is 1.98. The highest BCUT2D eigenvalue weighted by atomic mass is 16.5. The average Bonchev–Trinajstić information content (AvgIpc) is 2.72. The van der Waals surface area contributed by atoms with E-state index in [1.54, 1.807) is 6.07 Å². The molecule has 0 saturated carbocycles. The SMILES string of the molecule is CCCOCCc1nc2c(C#N)cccc2n1C.